The number of carbonyl (C=O) groups excluding carboxylic acids is 2. The second-order valence-electron chi connectivity index (χ2n) is 6.10. The quantitative estimate of drug-likeness (QED) is 0.914. The zero-order valence-electron chi connectivity index (χ0n) is 12.5. The molecule has 120 valence electrons. The van der Waals surface area contributed by atoms with Crippen molar-refractivity contribution in [3.05, 3.63) is 35.2 Å². The van der Waals surface area contributed by atoms with Crippen molar-refractivity contribution in [1.82, 2.24) is 9.88 Å². The van der Waals surface area contributed by atoms with Crippen LogP contribution in [0, 0.1) is 5.92 Å². The van der Waals surface area contributed by atoms with Crippen LogP contribution >= 0.6 is 11.3 Å². The third kappa shape index (κ3) is 3.14. The molecule has 1 saturated carbocycles. The van der Waals surface area contributed by atoms with Gasteiger partial charge in [-0.2, -0.15) is 0 Å². The van der Waals surface area contributed by atoms with Gasteiger partial charge in [-0.15, -0.1) is 11.3 Å². The summed E-state index contributed by atoms with van der Waals surface area (Å²) in [5.74, 6) is 0.837. The number of likely N-dealkylation sites (tertiary alicyclic amines) is 1. The highest BCUT2D eigenvalue weighted by molar-refractivity contribution is 7.13. The largest absolute Gasteiger partial charge is 0.467 e. The van der Waals surface area contributed by atoms with Gasteiger partial charge < -0.3 is 14.6 Å². The molecule has 1 saturated heterocycles. The molecule has 1 atom stereocenters. The van der Waals surface area contributed by atoms with E-state index in [2.05, 4.69) is 10.3 Å². The molecule has 2 amide bonds. The summed E-state index contributed by atoms with van der Waals surface area (Å²) in [4.78, 5) is 30.5. The van der Waals surface area contributed by atoms with Gasteiger partial charge in [0, 0.05) is 24.3 Å². The lowest BCUT2D eigenvalue weighted by atomic mass is 10.1. The predicted octanol–water partition coefficient (Wildman–Crippen LogP) is 2.60. The van der Waals surface area contributed by atoms with Gasteiger partial charge in [-0.3, -0.25) is 9.59 Å². The molecular formula is C16H17N3O3S. The van der Waals surface area contributed by atoms with Crippen LogP contribution in [0.1, 0.15) is 36.6 Å². The number of nitrogens with zero attached hydrogens (tertiary/aromatic N) is 2. The minimum absolute atomic E-state index is 0.0145. The number of nitrogens with one attached hydrogen (secondary N) is 1. The minimum atomic E-state index is -0.328. The summed E-state index contributed by atoms with van der Waals surface area (Å²) in [6, 6.07) is 3.62. The summed E-state index contributed by atoms with van der Waals surface area (Å²) >= 11 is 1.45. The third-order valence-electron chi connectivity index (χ3n) is 4.26. The first-order valence-corrected chi connectivity index (χ1v) is 8.63. The standard InChI is InChI=1S/C16H17N3O3S/c20-14-6-11(7-19(14)8-12-2-1-5-22-12)15(21)18-16-17-13(9-23-16)10-3-4-10/h1-2,5,9-11H,3-4,6-8H2,(H,17,18,21)/t11-/m0/s1. The van der Waals surface area contributed by atoms with Crippen LogP contribution in [-0.4, -0.2) is 28.2 Å². The van der Waals surface area contributed by atoms with Gasteiger partial charge in [-0.1, -0.05) is 0 Å². The molecule has 2 aromatic rings. The lowest BCUT2D eigenvalue weighted by Gasteiger charge is -2.14. The van der Waals surface area contributed by atoms with Gasteiger partial charge in [0.05, 0.1) is 24.4 Å². The Bertz CT molecular complexity index is 721. The maximum Gasteiger partial charge on any atom is 0.231 e. The van der Waals surface area contributed by atoms with Crippen LogP contribution in [0.15, 0.2) is 28.2 Å². The molecule has 0 aromatic carbocycles. The molecule has 3 heterocycles. The molecule has 0 unspecified atom stereocenters. The summed E-state index contributed by atoms with van der Waals surface area (Å²) < 4.78 is 5.26. The summed E-state index contributed by atoms with van der Waals surface area (Å²) in [6.45, 7) is 0.838. The monoisotopic (exact) mass is 331 g/mol. The van der Waals surface area contributed by atoms with E-state index in [1.54, 1.807) is 17.2 Å². The summed E-state index contributed by atoms with van der Waals surface area (Å²) in [7, 11) is 0. The van der Waals surface area contributed by atoms with Gasteiger partial charge in [0.1, 0.15) is 5.76 Å². The van der Waals surface area contributed by atoms with Crippen molar-refractivity contribution < 1.29 is 14.0 Å². The molecule has 1 aliphatic heterocycles. The van der Waals surface area contributed by atoms with Crippen molar-refractivity contribution in [2.75, 3.05) is 11.9 Å². The van der Waals surface area contributed by atoms with Crippen molar-refractivity contribution in [2.24, 2.45) is 5.92 Å². The number of carbonyl (C=O) groups is 2. The summed E-state index contributed by atoms with van der Waals surface area (Å²) in [5.41, 5.74) is 1.08. The molecule has 2 aliphatic rings. The number of rotatable bonds is 5. The van der Waals surface area contributed by atoms with Gasteiger partial charge >= 0.3 is 0 Å². The van der Waals surface area contributed by atoms with Crippen LogP contribution in [0.5, 0.6) is 0 Å². The highest BCUT2D eigenvalue weighted by Gasteiger charge is 2.35. The molecule has 1 N–H and O–H groups in total. The Morgan fingerprint density at radius 1 is 1.48 bits per heavy atom. The molecule has 1 aliphatic carbocycles. The third-order valence-corrected chi connectivity index (χ3v) is 5.04. The lowest BCUT2D eigenvalue weighted by molar-refractivity contribution is -0.128. The molecule has 2 fully saturated rings. The van der Waals surface area contributed by atoms with Crippen LogP contribution in [0.4, 0.5) is 5.13 Å². The highest BCUT2D eigenvalue weighted by atomic mass is 32.1. The van der Waals surface area contributed by atoms with Gasteiger partial charge in [0.2, 0.25) is 11.8 Å². The highest BCUT2D eigenvalue weighted by Crippen LogP contribution is 2.41. The molecule has 0 bridgehead atoms. The Balaban J connectivity index is 1.35. The van der Waals surface area contributed by atoms with E-state index in [9.17, 15) is 9.59 Å². The first kappa shape index (κ1) is 14.4. The van der Waals surface area contributed by atoms with E-state index in [1.165, 1.54) is 24.2 Å². The molecule has 0 radical (unpaired) electrons. The van der Waals surface area contributed by atoms with Crippen LogP contribution in [0.2, 0.25) is 0 Å². The zero-order chi connectivity index (χ0) is 15.8. The van der Waals surface area contributed by atoms with Crippen molar-refractivity contribution in [3.63, 3.8) is 0 Å². The van der Waals surface area contributed by atoms with Crippen LogP contribution in [0.3, 0.4) is 0 Å². The number of aromatic nitrogens is 1. The van der Waals surface area contributed by atoms with E-state index in [1.807, 2.05) is 11.4 Å². The van der Waals surface area contributed by atoms with E-state index >= 15 is 0 Å². The lowest BCUT2D eigenvalue weighted by Crippen LogP contribution is -2.27. The average Bonchev–Trinajstić information content (AvgIpc) is 2.93. The van der Waals surface area contributed by atoms with Crippen molar-refractivity contribution in [3.8, 4) is 0 Å². The topological polar surface area (TPSA) is 75.4 Å². The Labute approximate surface area is 137 Å². The smallest absolute Gasteiger partial charge is 0.231 e. The van der Waals surface area contributed by atoms with E-state index < -0.39 is 0 Å². The van der Waals surface area contributed by atoms with Crippen molar-refractivity contribution >= 4 is 28.3 Å². The second kappa shape index (κ2) is 5.81. The van der Waals surface area contributed by atoms with Crippen LogP contribution < -0.4 is 5.32 Å². The number of hydrogen-bond acceptors (Lipinski definition) is 5. The van der Waals surface area contributed by atoms with Crippen LogP contribution in [0.25, 0.3) is 0 Å². The fourth-order valence-corrected chi connectivity index (χ4v) is 3.60. The Kier molecular flexibility index (Phi) is 3.65. The zero-order valence-corrected chi connectivity index (χ0v) is 13.3. The molecule has 7 heteroatoms. The van der Waals surface area contributed by atoms with E-state index in [0.717, 1.165) is 11.5 Å². The maximum atomic E-state index is 12.4. The maximum absolute atomic E-state index is 12.4. The normalized spacial score (nSPS) is 21.0. The van der Waals surface area contributed by atoms with E-state index in [0.29, 0.717) is 24.1 Å². The molecule has 6 nitrogen and oxygen atoms in total. The number of thiazole rings is 1. The molecule has 4 rings (SSSR count). The molecule has 0 spiro atoms. The predicted molar refractivity (Wildman–Crippen MR) is 85.0 cm³/mol. The molecule has 2 aromatic heterocycles. The number of anilines is 1. The molecule has 23 heavy (non-hydrogen) atoms. The first-order valence-electron chi connectivity index (χ1n) is 7.75. The van der Waals surface area contributed by atoms with E-state index in [-0.39, 0.29) is 24.2 Å². The Morgan fingerprint density at radius 2 is 2.35 bits per heavy atom. The van der Waals surface area contributed by atoms with E-state index in [4.69, 9.17) is 4.42 Å². The SMILES string of the molecule is O=C(Nc1nc(C2CC2)cs1)[C@H]1CC(=O)N(Cc2ccco2)C1. The number of amides is 2. The summed E-state index contributed by atoms with van der Waals surface area (Å²) in [6.07, 6.45) is 4.21. The van der Waals surface area contributed by atoms with Gasteiger partial charge in [0.25, 0.3) is 0 Å². The molecular weight excluding hydrogens is 314 g/mol. The minimum Gasteiger partial charge on any atom is -0.467 e. The van der Waals surface area contributed by atoms with Crippen molar-refractivity contribution in [2.45, 2.75) is 31.7 Å². The summed E-state index contributed by atoms with van der Waals surface area (Å²) in [5, 5.41) is 5.50. The average molecular weight is 331 g/mol. The van der Waals surface area contributed by atoms with Crippen molar-refractivity contribution in [1.29, 1.82) is 0 Å². The number of furan rings is 1. The van der Waals surface area contributed by atoms with Crippen LogP contribution in [-0.2, 0) is 16.1 Å². The fraction of sp³-hybridized carbons (Fsp3) is 0.438. The second-order valence-corrected chi connectivity index (χ2v) is 6.95. The fourth-order valence-electron chi connectivity index (χ4n) is 2.81. The van der Waals surface area contributed by atoms with Gasteiger partial charge in [-0.05, 0) is 25.0 Å². The van der Waals surface area contributed by atoms with Gasteiger partial charge in [-0.25, -0.2) is 4.98 Å². The Hall–Kier alpha value is -2.15. The first-order chi connectivity index (χ1) is 11.2. The Morgan fingerprint density at radius 3 is 3.09 bits per heavy atom. The van der Waals surface area contributed by atoms with Gasteiger partial charge in [0.15, 0.2) is 5.13 Å². The number of hydrogen-bond donors (Lipinski definition) is 1.